The van der Waals surface area contributed by atoms with Crippen molar-refractivity contribution < 1.29 is 19.5 Å². The van der Waals surface area contributed by atoms with E-state index in [0.717, 1.165) is 6.42 Å². The van der Waals surface area contributed by atoms with Crippen LogP contribution < -0.4 is 10.6 Å². The third kappa shape index (κ3) is 9.70. The Morgan fingerprint density at radius 2 is 1.81 bits per heavy atom. The summed E-state index contributed by atoms with van der Waals surface area (Å²) in [5, 5.41) is 14.0. The molecule has 0 fully saturated rings. The number of nitrogens with one attached hydrogen (secondary N) is 2. The van der Waals surface area contributed by atoms with Gasteiger partial charge in [0.1, 0.15) is 6.54 Å². The molecule has 7 heteroatoms. The summed E-state index contributed by atoms with van der Waals surface area (Å²) in [5.74, 6) is -0.742. The van der Waals surface area contributed by atoms with Gasteiger partial charge in [-0.3, -0.25) is 9.59 Å². The van der Waals surface area contributed by atoms with Crippen LogP contribution in [0.5, 0.6) is 0 Å². The van der Waals surface area contributed by atoms with Crippen molar-refractivity contribution in [1.82, 2.24) is 15.5 Å². The smallest absolute Gasteiger partial charge is 0.317 e. The van der Waals surface area contributed by atoms with Gasteiger partial charge in [0.05, 0.1) is 0 Å². The molecular weight excluding hydrogens is 274 g/mol. The van der Waals surface area contributed by atoms with E-state index in [4.69, 9.17) is 5.11 Å². The molecule has 0 aromatic heterocycles. The Labute approximate surface area is 126 Å². The van der Waals surface area contributed by atoms with E-state index in [1.165, 1.54) is 4.90 Å². The van der Waals surface area contributed by atoms with Crippen molar-refractivity contribution in [3.63, 3.8) is 0 Å². The van der Waals surface area contributed by atoms with Crippen molar-refractivity contribution in [2.75, 3.05) is 26.2 Å². The number of urea groups is 1. The SMILES string of the molecule is CCNC(=O)CN(CC)C(=O)NCCC(C)CCC(=O)O. The maximum Gasteiger partial charge on any atom is 0.317 e. The van der Waals surface area contributed by atoms with E-state index in [2.05, 4.69) is 10.6 Å². The monoisotopic (exact) mass is 301 g/mol. The van der Waals surface area contributed by atoms with Crippen molar-refractivity contribution in [2.24, 2.45) is 5.92 Å². The van der Waals surface area contributed by atoms with Crippen molar-refractivity contribution >= 4 is 17.9 Å². The Morgan fingerprint density at radius 3 is 2.33 bits per heavy atom. The number of carboxylic acids is 1. The van der Waals surface area contributed by atoms with E-state index < -0.39 is 5.97 Å². The molecule has 3 N–H and O–H groups in total. The van der Waals surface area contributed by atoms with E-state index in [1.54, 1.807) is 0 Å². The number of hydrogen-bond acceptors (Lipinski definition) is 3. The van der Waals surface area contributed by atoms with Crippen molar-refractivity contribution in [3.8, 4) is 0 Å². The second-order valence-corrected chi connectivity index (χ2v) is 5.03. The summed E-state index contributed by atoms with van der Waals surface area (Å²) in [7, 11) is 0. The zero-order valence-corrected chi connectivity index (χ0v) is 13.1. The molecule has 0 bridgehead atoms. The standard InChI is InChI=1S/C14H27N3O4/c1-4-15-12(18)10-17(5-2)14(21)16-9-8-11(3)6-7-13(19)20/h11H,4-10H2,1-3H3,(H,15,18)(H,16,21)(H,19,20). The van der Waals surface area contributed by atoms with Crippen LogP contribution in [0.3, 0.4) is 0 Å². The predicted octanol–water partition coefficient (Wildman–Crippen LogP) is 1.05. The minimum absolute atomic E-state index is 0.0464. The van der Waals surface area contributed by atoms with Crippen LogP contribution in [0.4, 0.5) is 4.79 Å². The maximum atomic E-state index is 11.9. The zero-order valence-electron chi connectivity index (χ0n) is 13.1. The van der Waals surface area contributed by atoms with Gasteiger partial charge in [0.15, 0.2) is 0 Å². The minimum Gasteiger partial charge on any atom is -0.481 e. The summed E-state index contributed by atoms with van der Waals surface area (Å²) in [6.07, 6.45) is 1.46. The van der Waals surface area contributed by atoms with Crippen LogP contribution in [0.15, 0.2) is 0 Å². The third-order valence-corrected chi connectivity index (χ3v) is 3.14. The largest absolute Gasteiger partial charge is 0.481 e. The van der Waals surface area contributed by atoms with Crippen LogP contribution in [-0.2, 0) is 9.59 Å². The number of hydrogen-bond donors (Lipinski definition) is 3. The Balaban J connectivity index is 3.99. The summed E-state index contributed by atoms with van der Waals surface area (Å²) in [5.41, 5.74) is 0. The molecule has 21 heavy (non-hydrogen) atoms. The van der Waals surface area contributed by atoms with E-state index >= 15 is 0 Å². The molecule has 3 amide bonds. The molecule has 0 aromatic carbocycles. The van der Waals surface area contributed by atoms with Gasteiger partial charge in [-0.25, -0.2) is 4.79 Å². The fraction of sp³-hybridized carbons (Fsp3) is 0.786. The quantitative estimate of drug-likeness (QED) is 0.561. The molecule has 0 spiro atoms. The van der Waals surface area contributed by atoms with E-state index in [1.807, 2.05) is 20.8 Å². The fourth-order valence-electron chi connectivity index (χ4n) is 1.81. The van der Waals surface area contributed by atoms with E-state index in [-0.39, 0.29) is 30.8 Å². The molecule has 0 saturated carbocycles. The lowest BCUT2D eigenvalue weighted by Crippen LogP contribution is -2.45. The zero-order chi connectivity index (χ0) is 16.3. The summed E-state index contributed by atoms with van der Waals surface area (Å²) < 4.78 is 0. The lowest BCUT2D eigenvalue weighted by Gasteiger charge is -2.21. The Bertz CT molecular complexity index is 347. The first kappa shape index (κ1) is 19.2. The van der Waals surface area contributed by atoms with Crippen LogP contribution >= 0.6 is 0 Å². The third-order valence-electron chi connectivity index (χ3n) is 3.14. The van der Waals surface area contributed by atoms with Gasteiger partial charge in [-0.15, -0.1) is 0 Å². The molecule has 0 heterocycles. The molecule has 0 saturated heterocycles. The molecule has 1 unspecified atom stereocenters. The number of likely N-dealkylation sites (N-methyl/N-ethyl adjacent to an activating group) is 2. The Morgan fingerprint density at radius 1 is 1.14 bits per heavy atom. The summed E-state index contributed by atoms with van der Waals surface area (Å²) in [6, 6.07) is -0.269. The highest BCUT2D eigenvalue weighted by molar-refractivity contribution is 5.83. The topological polar surface area (TPSA) is 98.7 Å². The van der Waals surface area contributed by atoms with Crippen molar-refractivity contribution in [3.05, 3.63) is 0 Å². The molecule has 0 rings (SSSR count). The van der Waals surface area contributed by atoms with E-state index in [9.17, 15) is 14.4 Å². The number of rotatable bonds is 10. The Kier molecular flexibility index (Phi) is 10.0. The highest BCUT2D eigenvalue weighted by Gasteiger charge is 2.15. The van der Waals surface area contributed by atoms with Gasteiger partial charge in [-0.1, -0.05) is 6.92 Å². The first-order valence-electron chi connectivity index (χ1n) is 7.41. The summed E-state index contributed by atoms with van der Waals surface area (Å²) in [6.45, 7) is 7.12. The lowest BCUT2D eigenvalue weighted by molar-refractivity contribution is -0.137. The summed E-state index contributed by atoms with van der Waals surface area (Å²) in [4.78, 5) is 35.3. The second-order valence-electron chi connectivity index (χ2n) is 5.03. The maximum absolute atomic E-state index is 11.9. The van der Waals surface area contributed by atoms with Gasteiger partial charge >= 0.3 is 12.0 Å². The molecule has 0 aliphatic heterocycles. The number of nitrogens with zero attached hydrogens (tertiary/aromatic N) is 1. The molecule has 122 valence electrons. The second kappa shape index (κ2) is 10.9. The normalized spacial score (nSPS) is 11.6. The molecule has 0 radical (unpaired) electrons. The first-order chi connectivity index (χ1) is 9.90. The summed E-state index contributed by atoms with van der Waals surface area (Å²) >= 11 is 0. The number of aliphatic carboxylic acids is 1. The molecular formula is C14H27N3O4. The van der Waals surface area contributed by atoms with E-state index in [0.29, 0.717) is 26.1 Å². The highest BCUT2D eigenvalue weighted by Crippen LogP contribution is 2.09. The highest BCUT2D eigenvalue weighted by atomic mass is 16.4. The van der Waals surface area contributed by atoms with Crippen LogP contribution in [-0.4, -0.2) is 54.1 Å². The Hall–Kier alpha value is -1.79. The molecule has 1 atom stereocenters. The van der Waals surface area contributed by atoms with Gasteiger partial charge in [0.2, 0.25) is 5.91 Å². The van der Waals surface area contributed by atoms with Gasteiger partial charge in [-0.2, -0.15) is 0 Å². The van der Waals surface area contributed by atoms with Gasteiger partial charge in [0, 0.05) is 26.1 Å². The average molecular weight is 301 g/mol. The number of carbonyl (C=O) groups is 3. The van der Waals surface area contributed by atoms with Crippen molar-refractivity contribution in [2.45, 2.75) is 40.0 Å². The number of carbonyl (C=O) groups excluding carboxylic acids is 2. The number of amides is 3. The van der Waals surface area contributed by atoms with Crippen LogP contribution in [0, 0.1) is 5.92 Å². The molecule has 0 aliphatic rings. The lowest BCUT2D eigenvalue weighted by atomic mass is 10.0. The molecule has 7 nitrogen and oxygen atoms in total. The van der Waals surface area contributed by atoms with Gasteiger partial charge in [-0.05, 0) is 32.6 Å². The molecule has 0 aromatic rings. The number of carboxylic acid groups (broad SMARTS) is 1. The minimum atomic E-state index is -0.801. The first-order valence-corrected chi connectivity index (χ1v) is 7.41. The van der Waals surface area contributed by atoms with Crippen LogP contribution in [0.25, 0.3) is 0 Å². The molecule has 0 aliphatic carbocycles. The van der Waals surface area contributed by atoms with Gasteiger partial charge in [0.25, 0.3) is 0 Å². The fourth-order valence-corrected chi connectivity index (χ4v) is 1.81. The van der Waals surface area contributed by atoms with Gasteiger partial charge < -0.3 is 20.6 Å². The van der Waals surface area contributed by atoms with Crippen LogP contribution in [0.2, 0.25) is 0 Å². The average Bonchev–Trinajstić information content (AvgIpc) is 2.42. The van der Waals surface area contributed by atoms with Crippen LogP contribution in [0.1, 0.15) is 40.0 Å². The predicted molar refractivity (Wildman–Crippen MR) is 80.0 cm³/mol. The van der Waals surface area contributed by atoms with Crippen molar-refractivity contribution in [1.29, 1.82) is 0 Å².